The largest absolute Gasteiger partial charge is 0.348 e. The lowest BCUT2D eigenvalue weighted by atomic mass is 10.0. The molecule has 1 N–H and O–H groups in total. The highest BCUT2D eigenvalue weighted by Gasteiger charge is 2.36. The third-order valence-electron chi connectivity index (χ3n) is 5.35. The number of hydrogen-bond donors (Lipinski definition) is 1. The first-order valence-electron chi connectivity index (χ1n) is 9.40. The summed E-state index contributed by atoms with van der Waals surface area (Å²) in [6, 6.07) is 13.4. The number of aromatic amines is 1. The molecular formula is C21H16N6OS. The predicted molar refractivity (Wildman–Crippen MR) is 110 cm³/mol. The maximum absolute atomic E-state index is 13.5. The second-order valence-electron chi connectivity index (χ2n) is 7.06. The number of H-pyrrole nitrogens is 1. The van der Waals surface area contributed by atoms with Gasteiger partial charge in [0.1, 0.15) is 11.0 Å². The van der Waals surface area contributed by atoms with E-state index in [9.17, 15) is 4.79 Å². The Morgan fingerprint density at radius 3 is 3.03 bits per heavy atom. The normalized spacial score (nSPS) is 16.4. The van der Waals surface area contributed by atoms with Crippen LogP contribution in [0, 0.1) is 0 Å². The molecule has 1 aliphatic rings. The van der Waals surface area contributed by atoms with Gasteiger partial charge in [0.05, 0.1) is 33.3 Å². The standard InChI is InChI=1S/C21H16N6OS/c28-21(13-10-14-4-3-8-24-27(14)11-13)26-9-7-16-18(23-12-22-16)19(26)20-25-15-5-1-2-6-17(15)29-20/h1-6,8,10-12,19H,7,9H2,(H,22,23)/t19-/m0/s1. The number of imidazole rings is 1. The van der Waals surface area contributed by atoms with Gasteiger partial charge < -0.3 is 9.88 Å². The molecule has 0 spiro atoms. The molecule has 0 saturated carbocycles. The maximum Gasteiger partial charge on any atom is 0.256 e. The zero-order chi connectivity index (χ0) is 19.4. The molecule has 6 rings (SSSR count). The van der Waals surface area contributed by atoms with Gasteiger partial charge in [0, 0.05) is 31.1 Å². The highest BCUT2D eigenvalue weighted by Crippen LogP contribution is 2.38. The maximum atomic E-state index is 13.5. The number of carbonyl (C=O) groups excluding carboxylic acids is 1. The monoisotopic (exact) mass is 400 g/mol. The van der Waals surface area contributed by atoms with Crippen LogP contribution in [0.4, 0.5) is 0 Å². The minimum Gasteiger partial charge on any atom is -0.348 e. The Bertz CT molecular complexity index is 1300. The fourth-order valence-electron chi connectivity index (χ4n) is 3.98. The molecule has 0 unspecified atom stereocenters. The number of hydrogen-bond acceptors (Lipinski definition) is 5. The number of fused-ring (bicyclic) bond motifs is 3. The fourth-order valence-corrected chi connectivity index (χ4v) is 5.07. The number of nitrogens with zero attached hydrogens (tertiary/aromatic N) is 5. The minimum atomic E-state index is -0.300. The van der Waals surface area contributed by atoms with E-state index in [1.807, 2.05) is 41.3 Å². The second kappa shape index (κ2) is 6.25. The lowest BCUT2D eigenvalue weighted by Crippen LogP contribution is -2.40. The molecule has 4 aromatic heterocycles. The molecule has 7 nitrogen and oxygen atoms in total. The fraction of sp³-hybridized carbons (Fsp3) is 0.143. The molecule has 1 atom stereocenters. The summed E-state index contributed by atoms with van der Waals surface area (Å²) < 4.78 is 2.83. The Morgan fingerprint density at radius 2 is 2.14 bits per heavy atom. The summed E-state index contributed by atoms with van der Waals surface area (Å²) in [4.78, 5) is 28.0. The summed E-state index contributed by atoms with van der Waals surface area (Å²) in [5, 5.41) is 5.17. The van der Waals surface area contributed by atoms with Crippen molar-refractivity contribution < 1.29 is 4.79 Å². The number of benzene rings is 1. The second-order valence-corrected chi connectivity index (χ2v) is 8.12. The minimum absolute atomic E-state index is 0.0339. The average molecular weight is 400 g/mol. The van der Waals surface area contributed by atoms with Crippen LogP contribution in [0.3, 0.4) is 0 Å². The summed E-state index contributed by atoms with van der Waals surface area (Å²) in [7, 11) is 0. The van der Waals surface area contributed by atoms with Crippen molar-refractivity contribution in [3.8, 4) is 0 Å². The molecule has 0 saturated heterocycles. The van der Waals surface area contributed by atoms with Crippen LogP contribution < -0.4 is 0 Å². The average Bonchev–Trinajstić information content (AvgIpc) is 3.49. The van der Waals surface area contributed by atoms with Crippen LogP contribution in [0.25, 0.3) is 15.7 Å². The molecule has 142 valence electrons. The highest BCUT2D eigenvalue weighted by atomic mass is 32.1. The van der Waals surface area contributed by atoms with E-state index in [1.54, 1.807) is 34.6 Å². The Hall–Kier alpha value is -3.52. The third kappa shape index (κ3) is 2.56. The molecule has 8 heteroatoms. The lowest BCUT2D eigenvalue weighted by Gasteiger charge is -2.33. The van der Waals surface area contributed by atoms with Gasteiger partial charge in [-0.05, 0) is 30.3 Å². The first-order valence-corrected chi connectivity index (χ1v) is 10.2. The van der Waals surface area contributed by atoms with Crippen LogP contribution >= 0.6 is 11.3 Å². The van der Waals surface area contributed by atoms with Crippen molar-refractivity contribution >= 4 is 33.0 Å². The van der Waals surface area contributed by atoms with Crippen molar-refractivity contribution in [3.05, 3.63) is 83.1 Å². The summed E-state index contributed by atoms with van der Waals surface area (Å²) in [5.74, 6) is -0.0339. The Morgan fingerprint density at radius 1 is 1.21 bits per heavy atom. The number of para-hydroxylation sites is 1. The zero-order valence-electron chi connectivity index (χ0n) is 15.3. The number of amides is 1. The number of nitrogens with one attached hydrogen (secondary N) is 1. The van der Waals surface area contributed by atoms with E-state index in [1.165, 1.54) is 0 Å². The smallest absolute Gasteiger partial charge is 0.256 e. The number of thiazole rings is 1. The van der Waals surface area contributed by atoms with Gasteiger partial charge in [-0.3, -0.25) is 4.79 Å². The summed E-state index contributed by atoms with van der Waals surface area (Å²) in [5.41, 5.74) is 4.41. The molecule has 29 heavy (non-hydrogen) atoms. The van der Waals surface area contributed by atoms with Gasteiger partial charge in [-0.15, -0.1) is 11.3 Å². The molecule has 1 amide bonds. The molecule has 1 aromatic carbocycles. The van der Waals surface area contributed by atoms with E-state index in [0.717, 1.165) is 38.5 Å². The van der Waals surface area contributed by atoms with E-state index in [-0.39, 0.29) is 11.9 Å². The Balaban J connectivity index is 1.47. The van der Waals surface area contributed by atoms with Gasteiger partial charge in [0.15, 0.2) is 0 Å². The SMILES string of the molecule is O=C(c1cc2cccnn2c1)N1CCc2[nH]cnc2[C@H]1c1nc2ccccc2s1. The molecule has 5 aromatic rings. The molecule has 0 bridgehead atoms. The van der Waals surface area contributed by atoms with Gasteiger partial charge in [0.2, 0.25) is 0 Å². The highest BCUT2D eigenvalue weighted by molar-refractivity contribution is 7.18. The summed E-state index contributed by atoms with van der Waals surface area (Å²) in [6.07, 6.45) is 5.94. The van der Waals surface area contributed by atoms with Crippen LogP contribution in [0.5, 0.6) is 0 Å². The molecule has 0 aliphatic carbocycles. The van der Waals surface area contributed by atoms with Crippen LogP contribution in [-0.4, -0.2) is 41.9 Å². The van der Waals surface area contributed by atoms with Crippen molar-refractivity contribution in [2.75, 3.05) is 6.54 Å². The lowest BCUT2D eigenvalue weighted by molar-refractivity contribution is 0.0690. The molecule has 0 fully saturated rings. The van der Waals surface area contributed by atoms with E-state index >= 15 is 0 Å². The molecule has 1 aliphatic heterocycles. The molecule has 5 heterocycles. The van der Waals surface area contributed by atoms with Gasteiger partial charge in [-0.2, -0.15) is 5.10 Å². The van der Waals surface area contributed by atoms with Crippen LogP contribution in [0.15, 0.2) is 61.2 Å². The zero-order valence-corrected chi connectivity index (χ0v) is 16.1. The van der Waals surface area contributed by atoms with Crippen molar-refractivity contribution in [1.29, 1.82) is 0 Å². The summed E-state index contributed by atoms with van der Waals surface area (Å²) in [6.45, 7) is 0.605. The van der Waals surface area contributed by atoms with E-state index in [4.69, 9.17) is 4.98 Å². The van der Waals surface area contributed by atoms with E-state index < -0.39 is 0 Å². The van der Waals surface area contributed by atoms with Gasteiger partial charge in [0.25, 0.3) is 5.91 Å². The van der Waals surface area contributed by atoms with Crippen molar-refractivity contribution in [1.82, 2.24) is 29.5 Å². The van der Waals surface area contributed by atoms with E-state index in [0.29, 0.717) is 12.1 Å². The first-order chi connectivity index (χ1) is 14.3. The van der Waals surface area contributed by atoms with Gasteiger partial charge in [-0.1, -0.05) is 12.1 Å². The van der Waals surface area contributed by atoms with E-state index in [2.05, 4.69) is 21.1 Å². The quantitative estimate of drug-likeness (QED) is 0.492. The Kier molecular flexibility index (Phi) is 3.54. The number of carbonyl (C=O) groups is 1. The van der Waals surface area contributed by atoms with Gasteiger partial charge >= 0.3 is 0 Å². The number of aromatic nitrogens is 5. The molecular weight excluding hydrogens is 384 g/mol. The summed E-state index contributed by atoms with van der Waals surface area (Å²) >= 11 is 1.62. The third-order valence-corrected chi connectivity index (χ3v) is 6.44. The van der Waals surface area contributed by atoms with Crippen molar-refractivity contribution in [3.63, 3.8) is 0 Å². The first kappa shape index (κ1) is 16.4. The topological polar surface area (TPSA) is 79.2 Å². The van der Waals surface area contributed by atoms with Crippen molar-refractivity contribution in [2.45, 2.75) is 12.5 Å². The number of rotatable bonds is 2. The van der Waals surface area contributed by atoms with Crippen LogP contribution in [0.1, 0.15) is 32.8 Å². The molecule has 0 radical (unpaired) electrons. The van der Waals surface area contributed by atoms with Crippen LogP contribution in [0.2, 0.25) is 0 Å². The predicted octanol–water partition coefficient (Wildman–Crippen LogP) is 3.46. The Labute approximate surface area is 169 Å². The van der Waals surface area contributed by atoms with Crippen LogP contribution in [-0.2, 0) is 6.42 Å². The van der Waals surface area contributed by atoms with Gasteiger partial charge in [-0.25, -0.2) is 14.5 Å². The van der Waals surface area contributed by atoms with Crippen molar-refractivity contribution in [2.24, 2.45) is 0 Å².